The lowest BCUT2D eigenvalue weighted by Crippen LogP contribution is -2.31. The fourth-order valence-electron chi connectivity index (χ4n) is 5.52. The topological polar surface area (TPSA) is 159 Å². The van der Waals surface area contributed by atoms with E-state index in [-0.39, 0.29) is 23.4 Å². The summed E-state index contributed by atoms with van der Waals surface area (Å²) in [6, 6.07) is 33.2. The van der Waals surface area contributed by atoms with Crippen LogP contribution in [0.5, 0.6) is 0 Å². The van der Waals surface area contributed by atoms with Crippen molar-refractivity contribution in [1.29, 1.82) is 0 Å². The molecule has 4 aromatic carbocycles. The Hall–Kier alpha value is -6.50. The smallest absolute Gasteiger partial charge is 0.305 e. The molecule has 2 atom stereocenters. The number of amides is 2. The van der Waals surface area contributed by atoms with Crippen LogP contribution >= 0.6 is 23.2 Å². The van der Waals surface area contributed by atoms with Crippen LogP contribution in [0.3, 0.4) is 0 Å². The molecule has 0 aliphatic heterocycles. The zero-order valence-electron chi connectivity index (χ0n) is 29.2. The van der Waals surface area contributed by atoms with Crippen molar-refractivity contribution in [3.8, 4) is 22.5 Å². The molecule has 0 unspecified atom stereocenters. The summed E-state index contributed by atoms with van der Waals surface area (Å²) in [6.07, 6.45) is -0.807. The monoisotopic (exact) mass is 796 g/mol. The van der Waals surface area contributed by atoms with Gasteiger partial charge in [-0.25, -0.2) is 18.7 Å². The summed E-state index contributed by atoms with van der Waals surface area (Å²) < 4.78 is 27.3. The van der Waals surface area contributed by atoms with E-state index in [0.29, 0.717) is 38.1 Å². The van der Waals surface area contributed by atoms with Crippen LogP contribution in [0.1, 0.15) is 57.0 Å². The van der Waals surface area contributed by atoms with Gasteiger partial charge >= 0.3 is 11.9 Å². The van der Waals surface area contributed by atoms with E-state index < -0.39 is 53.9 Å². The Morgan fingerprint density at radius 3 is 1.48 bits per heavy atom. The van der Waals surface area contributed by atoms with Gasteiger partial charge < -0.3 is 20.8 Å². The van der Waals surface area contributed by atoms with Crippen molar-refractivity contribution in [2.45, 2.75) is 24.9 Å². The highest BCUT2D eigenvalue weighted by atomic mass is 35.5. The van der Waals surface area contributed by atoms with Gasteiger partial charge in [0.2, 0.25) is 0 Å². The summed E-state index contributed by atoms with van der Waals surface area (Å²) >= 11 is 12.4. The van der Waals surface area contributed by atoms with Crippen molar-refractivity contribution >= 4 is 47.0 Å². The summed E-state index contributed by atoms with van der Waals surface area (Å²) in [5, 5.41) is 24.5. The standard InChI is InChI=1S/2C21H16ClFN2O3/c22-15-8-3-1-6-13(15)17-10-5-11-18(24-17)21(28)25-19(12-20(26)27)14-7-2-4-9-16(14)23;22-16-5-2-1-4-15(16)17-6-3-7-18(24-17)21(28)25-19(12-20(26)27)13-8-10-14(23)11-9-13/h2*1-11,19H,12H2,(H,25,28)(H,26,27)/t2*19-/m00/s1. The molecule has 2 heterocycles. The van der Waals surface area contributed by atoms with Gasteiger partial charge in [0, 0.05) is 26.7 Å². The second-order valence-corrected chi connectivity index (χ2v) is 12.9. The molecular weight excluding hydrogens is 765 g/mol. The SMILES string of the molecule is O=C(O)C[C@H](NC(=O)c1cccc(-c2ccccc2Cl)n1)c1ccc(F)cc1.O=C(O)C[C@H](NC(=O)c1cccc(-c2ccccc2Cl)n1)c1ccccc1F. The maximum Gasteiger partial charge on any atom is 0.305 e. The molecule has 6 aromatic rings. The number of pyridine rings is 2. The molecule has 4 N–H and O–H groups in total. The zero-order valence-corrected chi connectivity index (χ0v) is 30.7. The quantitative estimate of drug-likeness (QED) is 0.0956. The van der Waals surface area contributed by atoms with Crippen molar-refractivity contribution < 1.29 is 38.2 Å². The molecule has 0 radical (unpaired) electrons. The van der Waals surface area contributed by atoms with E-state index in [1.165, 1.54) is 54.6 Å². The van der Waals surface area contributed by atoms with Crippen LogP contribution in [-0.2, 0) is 9.59 Å². The van der Waals surface area contributed by atoms with Crippen molar-refractivity contribution in [3.05, 3.63) is 178 Å². The first-order valence-corrected chi connectivity index (χ1v) is 17.6. The van der Waals surface area contributed by atoms with Crippen LogP contribution in [0.15, 0.2) is 133 Å². The molecule has 0 fully saturated rings. The summed E-state index contributed by atoms with van der Waals surface area (Å²) in [5.41, 5.74) is 3.14. The lowest BCUT2D eigenvalue weighted by Gasteiger charge is -2.18. The molecular formula is C42H32Cl2F2N4O6. The van der Waals surface area contributed by atoms with Gasteiger partial charge in [0.05, 0.1) is 36.3 Å². The molecule has 2 amide bonds. The van der Waals surface area contributed by atoms with Gasteiger partial charge in [0.25, 0.3) is 11.8 Å². The van der Waals surface area contributed by atoms with Gasteiger partial charge in [-0.05, 0) is 60.2 Å². The Balaban J connectivity index is 0.000000214. The highest BCUT2D eigenvalue weighted by Crippen LogP contribution is 2.28. The number of hydrogen-bond acceptors (Lipinski definition) is 6. The van der Waals surface area contributed by atoms with E-state index in [4.69, 9.17) is 33.4 Å². The molecule has 0 bridgehead atoms. The van der Waals surface area contributed by atoms with Crippen molar-refractivity contribution in [3.63, 3.8) is 0 Å². The lowest BCUT2D eigenvalue weighted by atomic mass is 10.0. The van der Waals surface area contributed by atoms with E-state index in [1.54, 1.807) is 72.8 Å². The summed E-state index contributed by atoms with van der Waals surface area (Å²) in [7, 11) is 0. The molecule has 0 spiro atoms. The molecule has 14 heteroatoms. The van der Waals surface area contributed by atoms with Crippen LogP contribution < -0.4 is 10.6 Å². The maximum atomic E-state index is 14.1. The van der Waals surface area contributed by atoms with Gasteiger partial charge in [-0.15, -0.1) is 0 Å². The van der Waals surface area contributed by atoms with Gasteiger partial charge in [-0.3, -0.25) is 19.2 Å². The van der Waals surface area contributed by atoms with Crippen molar-refractivity contribution in [1.82, 2.24) is 20.6 Å². The van der Waals surface area contributed by atoms with E-state index in [2.05, 4.69) is 20.6 Å². The van der Waals surface area contributed by atoms with E-state index >= 15 is 0 Å². The minimum absolute atomic E-state index is 0.0733. The van der Waals surface area contributed by atoms with E-state index in [1.807, 2.05) is 6.07 Å². The van der Waals surface area contributed by atoms with Crippen molar-refractivity contribution in [2.24, 2.45) is 0 Å². The van der Waals surface area contributed by atoms with Crippen LogP contribution in [0, 0.1) is 11.6 Å². The average Bonchev–Trinajstić information content (AvgIpc) is 3.18. The van der Waals surface area contributed by atoms with Crippen molar-refractivity contribution in [2.75, 3.05) is 0 Å². The number of carbonyl (C=O) groups is 4. The number of carboxylic acids is 2. The fourth-order valence-corrected chi connectivity index (χ4v) is 5.98. The fraction of sp³-hybridized carbons (Fsp3) is 0.0952. The molecule has 0 saturated carbocycles. The number of nitrogens with zero attached hydrogens (tertiary/aromatic N) is 2. The van der Waals surface area contributed by atoms with Crippen LogP contribution in [0.4, 0.5) is 8.78 Å². The maximum absolute atomic E-state index is 14.1. The Labute approximate surface area is 329 Å². The predicted molar refractivity (Wildman–Crippen MR) is 207 cm³/mol. The first-order valence-electron chi connectivity index (χ1n) is 16.9. The highest BCUT2D eigenvalue weighted by Gasteiger charge is 2.23. The zero-order chi connectivity index (χ0) is 40.2. The number of aromatic nitrogens is 2. The molecule has 56 heavy (non-hydrogen) atoms. The summed E-state index contributed by atoms with van der Waals surface area (Å²) in [6.45, 7) is 0. The molecule has 0 saturated heterocycles. The number of carboxylic acid groups (broad SMARTS) is 2. The number of halogens is 4. The number of aliphatic carboxylic acids is 2. The first-order chi connectivity index (χ1) is 26.9. The summed E-state index contributed by atoms with van der Waals surface area (Å²) in [4.78, 5) is 56.4. The van der Waals surface area contributed by atoms with Crippen LogP contribution in [0.2, 0.25) is 10.0 Å². The molecule has 0 aliphatic rings. The molecule has 2 aromatic heterocycles. The normalized spacial score (nSPS) is 11.6. The first kappa shape index (κ1) is 40.7. The van der Waals surface area contributed by atoms with Gasteiger partial charge in [0.15, 0.2) is 0 Å². The Kier molecular flexibility index (Phi) is 13.9. The average molecular weight is 798 g/mol. The molecule has 6 rings (SSSR count). The third-order valence-electron chi connectivity index (χ3n) is 8.18. The van der Waals surface area contributed by atoms with Gasteiger partial charge in [-0.2, -0.15) is 0 Å². The molecule has 0 aliphatic carbocycles. The van der Waals surface area contributed by atoms with E-state index in [0.717, 1.165) is 0 Å². The number of benzene rings is 4. The minimum atomic E-state index is -1.16. The number of hydrogen-bond donors (Lipinski definition) is 4. The third-order valence-corrected chi connectivity index (χ3v) is 8.84. The number of carbonyl (C=O) groups excluding carboxylic acids is 2. The Bertz CT molecular complexity index is 2360. The Morgan fingerprint density at radius 2 is 1.00 bits per heavy atom. The van der Waals surface area contributed by atoms with Crippen LogP contribution in [-0.4, -0.2) is 43.9 Å². The van der Waals surface area contributed by atoms with Gasteiger partial charge in [-0.1, -0.05) is 102 Å². The van der Waals surface area contributed by atoms with Gasteiger partial charge in [0.1, 0.15) is 23.0 Å². The van der Waals surface area contributed by atoms with Crippen LogP contribution in [0.25, 0.3) is 22.5 Å². The van der Waals surface area contributed by atoms with E-state index in [9.17, 15) is 28.0 Å². The lowest BCUT2D eigenvalue weighted by molar-refractivity contribution is -0.138. The second kappa shape index (κ2) is 19.2. The number of rotatable bonds is 12. The molecule has 284 valence electrons. The predicted octanol–water partition coefficient (Wildman–Crippen LogP) is 8.97. The third kappa shape index (κ3) is 11.0. The number of nitrogens with one attached hydrogen (secondary N) is 2. The minimum Gasteiger partial charge on any atom is -0.481 e. The second-order valence-electron chi connectivity index (χ2n) is 12.1. The highest BCUT2D eigenvalue weighted by molar-refractivity contribution is 6.33. The largest absolute Gasteiger partial charge is 0.481 e. The molecule has 10 nitrogen and oxygen atoms in total. The summed E-state index contributed by atoms with van der Waals surface area (Å²) in [5.74, 6) is -4.43. The Morgan fingerprint density at radius 1 is 0.554 bits per heavy atom.